The van der Waals surface area contributed by atoms with Crippen LogP contribution in [-0.4, -0.2) is 18.8 Å². The van der Waals surface area contributed by atoms with Crippen LogP contribution in [0.5, 0.6) is 5.75 Å². The summed E-state index contributed by atoms with van der Waals surface area (Å²) in [4.78, 5) is 0. The summed E-state index contributed by atoms with van der Waals surface area (Å²) in [6.07, 6.45) is 9.61. The van der Waals surface area contributed by atoms with Crippen molar-refractivity contribution < 1.29 is 9.84 Å². The Morgan fingerprint density at radius 3 is 2.74 bits per heavy atom. The smallest absolute Gasteiger partial charge is 0.122 e. The summed E-state index contributed by atoms with van der Waals surface area (Å²) in [6.45, 7) is 2.35. The summed E-state index contributed by atoms with van der Waals surface area (Å²) >= 11 is 0. The number of aliphatic hydroxyl groups is 1. The summed E-state index contributed by atoms with van der Waals surface area (Å²) in [6, 6.07) is 8.22. The molecule has 1 atom stereocenters. The number of aliphatic hydroxyl groups excluding tert-OH is 1. The molecule has 2 nitrogen and oxygen atoms in total. The Morgan fingerprint density at radius 1 is 1.26 bits per heavy atom. The van der Waals surface area contributed by atoms with Gasteiger partial charge >= 0.3 is 0 Å². The highest BCUT2D eigenvalue weighted by Gasteiger charge is 2.09. The molecule has 0 saturated heterocycles. The molecule has 0 saturated carbocycles. The van der Waals surface area contributed by atoms with Crippen LogP contribution in [0.1, 0.15) is 38.2 Å². The highest BCUT2D eigenvalue weighted by molar-refractivity contribution is 5.33. The molecular weight excluding hydrogens is 236 g/mol. The van der Waals surface area contributed by atoms with Crippen LogP contribution in [0, 0.1) is 5.92 Å². The van der Waals surface area contributed by atoms with Gasteiger partial charge in [0.05, 0.1) is 7.11 Å². The molecule has 0 aromatic heterocycles. The third-order valence-corrected chi connectivity index (χ3v) is 3.49. The van der Waals surface area contributed by atoms with E-state index in [-0.39, 0.29) is 0 Å². The number of methoxy groups -OCH3 is 1. The molecule has 1 N–H and O–H groups in total. The molecule has 1 aromatic rings. The number of hydrogen-bond donors (Lipinski definition) is 1. The third kappa shape index (κ3) is 5.93. The highest BCUT2D eigenvalue weighted by atomic mass is 16.5. The van der Waals surface area contributed by atoms with Gasteiger partial charge in [0, 0.05) is 6.61 Å². The van der Waals surface area contributed by atoms with Crippen LogP contribution in [0.4, 0.5) is 0 Å². The Hall–Kier alpha value is -1.28. The standard InChI is InChI=1S/C17H26O2/c1-3-4-8-15(9-7-14-18)12-13-16-10-5-6-11-17(16)19-2/h3-6,10-11,15,18H,7-9,12-14H2,1-2H3/b4-3+. The van der Waals surface area contributed by atoms with Crippen LogP contribution >= 0.6 is 0 Å². The van der Waals surface area contributed by atoms with E-state index in [1.165, 1.54) is 5.56 Å². The van der Waals surface area contributed by atoms with Crippen molar-refractivity contribution in [3.05, 3.63) is 42.0 Å². The lowest BCUT2D eigenvalue weighted by molar-refractivity contribution is 0.268. The van der Waals surface area contributed by atoms with Crippen molar-refractivity contribution in [1.29, 1.82) is 0 Å². The maximum atomic E-state index is 8.97. The summed E-state index contributed by atoms with van der Waals surface area (Å²) in [7, 11) is 1.72. The van der Waals surface area contributed by atoms with E-state index in [1.54, 1.807) is 7.11 Å². The minimum absolute atomic E-state index is 0.293. The van der Waals surface area contributed by atoms with Gasteiger partial charge in [-0.05, 0) is 56.6 Å². The Morgan fingerprint density at radius 2 is 2.05 bits per heavy atom. The second-order valence-corrected chi connectivity index (χ2v) is 4.89. The molecule has 0 amide bonds. The van der Waals surface area contributed by atoms with Gasteiger partial charge in [-0.2, -0.15) is 0 Å². The van der Waals surface area contributed by atoms with Crippen molar-refractivity contribution in [3.8, 4) is 5.75 Å². The summed E-state index contributed by atoms with van der Waals surface area (Å²) in [5.74, 6) is 1.63. The fraction of sp³-hybridized carbons (Fsp3) is 0.529. The first-order valence-electron chi connectivity index (χ1n) is 7.15. The summed E-state index contributed by atoms with van der Waals surface area (Å²) in [5, 5.41) is 8.97. The first-order chi connectivity index (χ1) is 9.31. The Bertz CT molecular complexity index is 371. The van der Waals surface area contributed by atoms with E-state index in [0.29, 0.717) is 12.5 Å². The van der Waals surface area contributed by atoms with Crippen molar-refractivity contribution in [2.24, 2.45) is 5.92 Å². The normalized spacial score (nSPS) is 12.8. The lowest BCUT2D eigenvalue weighted by Gasteiger charge is -2.15. The average Bonchev–Trinajstić information content (AvgIpc) is 2.46. The molecule has 19 heavy (non-hydrogen) atoms. The van der Waals surface area contributed by atoms with Crippen LogP contribution in [0.15, 0.2) is 36.4 Å². The quantitative estimate of drug-likeness (QED) is 0.682. The van der Waals surface area contributed by atoms with E-state index in [4.69, 9.17) is 9.84 Å². The van der Waals surface area contributed by atoms with Crippen LogP contribution in [0.3, 0.4) is 0 Å². The molecule has 0 aliphatic rings. The predicted molar refractivity (Wildman–Crippen MR) is 80.6 cm³/mol. The van der Waals surface area contributed by atoms with Gasteiger partial charge in [0.2, 0.25) is 0 Å². The number of hydrogen-bond acceptors (Lipinski definition) is 2. The van der Waals surface area contributed by atoms with Gasteiger partial charge in [-0.3, -0.25) is 0 Å². The van der Waals surface area contributed by atoms with E-state index < -0.39 is 0 Å². The molecule has 1 aromatic carbocycles. The zero-order valence-electron chi connectivity index (χ0n) is 12.1. The fourth-order valence-electron chi connectivity index (χ4n) is 2.36. The van der Waals surface area contributed by atoms with Gasteiger partial charge in [0.1, 0.15) is 5.75 Å². The number of allylic oxidation sites excluding steroid dienone is 2. The Labute approximate surface area is 117 Å². The largest absolute Gasteiger partial charge is 0.496 e. The van der Waals surface area contributed by atoms with Crippen molar-refractivity contribution in [3.63, 3.8) is 0 Å². The van der Waals surface area contributed by atoms with Gasteiger partial charge in [0.25, 0.3) is 0 Å². The van der Waals surface area contributed by atoms with Crippen molar-refractivity contribution in [2.75, 3.05) is 13.7 Å². The zero-order valence-corrected chi connectivity index (χ0v) is 12.1. The second-order valence-electron chi connectivity index (χ2n) is 4.89. The molecule has 0 radical (unpaired) electrons. The van der Waals surface area contributed by atoms with Crippen LogP contribution in [0.2, 0.25) is 0 Å². The van der Waals surface area contributed by atoms with E-state index in [0.717, 1.165) is 37.9 Å². The molecule has 0 bridgehead atoms. The molecule has 0 heterocycles. The van der Waals surface area contributed by atoms with Gasteiger partial charge in [-0.15, -0.1) is 0 Å². The monoisotopic (exact) mass is 262 g/mol. The van der Waals surface area contributed by atoms with E-state index >= 15 is 0 Å². The van der Waals surface area contributed by atoms with Gasteiger partial charge in [-0.25, -0.2) is 0 Å². The lowest BCUT2D eigenvalue weighted by Crippen LogP contribution is -2.04. The molecule has 0 aliphatic heterocycles. The van der Waals surface area contributed by atoms with Crippen molar-refractivity contribution in [2.45, 2.75) is 39.0 Å². The van der Waals surface area contributed by atoms with E-state index in [1.807, 2.05) is 12.1 Å². The number of ether oxygens (including phenoxy) is 1. The SMILES string of the molecule is C/C=C/CC(CCCO)CCc1ccccc1OC. The average molecular weight is 262 g/mol. The van der Waals surface area contributed by atoms with Crippen LogP contribution in [-0.2, 0) is 6.42 Å². The van der Waals surface area contributed by atoms with Crippen molar-refractivity contribution in [1.82, 2.24) is 0 Å². The second kappa shape index (κ2) is 9.62. The highest BCUT2D eigenvalue weighted by Crippen LogP contribution is 2.24. The lowest BCUT2D eigenvalue weighted by atomic mass is 9.92. The molecule has 2 heteroatoms. The first-order valence-corrected chi connectivity index (χ1v) is 7.15. The topological polar surface area (TPSA) is 29.5 Å². The molecule has 1 rings (SSSR count). The van der Waals surface area contributed by atoms with E-state index in [9.17, 15) is 0 Å². The van der Waals surface area contributed by atoms with Gasteiger partial charge < -0.3 is 9.84 Å². The molecule has 0 fully saturated rings. The molecular formula is C17H26O2. The Kier molecular flexibility index (Phi) is 7.99. The Balaban J connectivity index is 2.53. The minimum Gasteiger partial charge on any atom is -0.496 e. The number of aryl methyl sites for hydroxylation is 1. The summed E-state index contributed by atoms with van der Waals surface area (Å²) in [5.41, 5.74) is 1.28. The molecule has 0 spiro atoms. The minimum atomic E-state index is 0.293. The molecule has 0 aliphatic carbocycles. The van der Waals surface area contributed by atoms with Gasteiger partial charge in [0.15, 0.2) is 0 Å². The molecule has 106 valence electrons. The fourth-order valence-corrected chi connectivity index (χ4v) is 2.36. The predicted octanol–water partition coefficient (Wildman–Crippen LogP) is 3.98. The maximum Gasteiger partial charge on any atom is 0.122 e. The number of benzene rings is 1. The van der Waals surface area contributed by atoms with Crippen molar-refractivity contribution >= 4 is 0 Å². The maximum absolute atomic E-state index is 8.97. The molecule has 1 unspecified atom stereocenters. The van der Waals surface area contributed by atoms with Crippen LogP contribution in [0.25, 0.3) is 0 Å². The van der Waals surface area contributed by atoms with E-state index in [2.05, 4.69) is 31.2 Å². The third-order valence-electron chi connectivity index (χ3n) is 3.49. The number of rotatable bonds is 9. The zero-order chi connectivity index (χ0) is 13.9. The van der Waals surface area contributed by atoms with Crippen LogP contribution < -0.4 is 4.74 Å². The van der Waals surface area contributed by atoms with Gasteiger partial charge in [-0.1, -0.05) is 30.4 Å². The summed E-state index contributed by atoms with van der Waals surface area (Å²) < 4.78 is 5.39. The number of para-hydroxylation sites is 1. The first kappa shape index (κ1) is 15.8.